The molecule has 2 aromatic carbocycles. The average molecular weight is 301 g/mol. The summed E-state index contributed by atoms with van der Waals surface area (Å²) in [4.78, 5) is 0. The van der Waals surface area contributed by atoms with Gasteiger partial charge in [-0.2, -0.15) is 0 Å². The maximum Gasteiger partial charge on any atom is 0.0478 e. The van der Waals surface area contributed by atoms with Crippen LogP contribution in [0, 0.1) is 0 Å². The highest BCUT2D eigenvalue weighted by Crippen LogP contribution is 2.19. The van der Waals surface area contributed by atoms with E-state index in [9.17, 15) is 0 Å². The van der Waals surface area contributed by atoms with Gasteiger partial charge >= 0.3 is 0 Å². The molecule has 2 rings (SSSR count). The zero-order valence-electron chi connectivity index (χ0n) is 10.8. The van der Waals surface area contributed by atoms with Gasteiger partial charge in [0.1, 0.15) is 0 Å². The Labute approximate surface area is 129 Å². The highest BCUT2D eigenvalue weighted by Gasteiger charge is 1.94. The molecular formula is C18H14Cl2. The fourth-order valence-electron chi connectivity index (χ4n) is 1.67. The molecule has 2 aromatic rings. The minimum absolute atomic E-state index is 0.700. The lowest BCUT2D eigenvalue weighted by atomic mass is 10.2. The Kier molecular flexibility index (Phi) is 5.67. The summed E-state index contributed by atoms with van der Waals surface area (Å²) in [5.74, 6) is 0. The van der Waals surface area contributed by atoms with Crippen molar-refractivity contribution in [1.29, 1.82) is 0 Å². The lowest BCUT2D eigenvalue weighted by molar-refractivity contribution is 1.64. The van der Waals surface area contributed by atoms with Crippen LogP contribution in [0.1, 0.15) is 11.1 Å². The van der Waals surface area contributed by atoms with Crippen molar-refractivity contribution in [2.75, 3.05) is 0 Å². The van der Waals surface area contributed by atoms with Gasteiger partial charge in [-0.1, -0.05) is 96.0 Å². The Bertz CT molecular complexity index is 565. The Morgan fingerprint density at radius 1 is 0.600 bits per heavy atom. The van der Waals surface area contributed by atoms with Gasteiger partial charge < -0.3 is 0 Å². The van der Waals surface area contributed by atoms with E-state index in [1.807, 2.05) is 85.0 Å². The number of benzene rings is 2. The molecule has 0 aliphatic heterocycles. The third-order valence-corrected chi connectivity index (χ3v) is 3.38. The molecule has 0 spiro atoms. The molecule has 0 heterocycles. The van der Waals surface area contributed by atoms with Crippen molar-refractivity contribution in [3.8, 4) is 0 Å². The van der Waals surface area contributed by atoms with Crippen LogP contribution in [-0.2, 0) is 0 Å². The third kappa shape index (κ3) is 4.41. The van der Waals surface area contributed by atoms with Gasteiger partial charge in [-0.25, -0.2) is 0 Å². The van der Waals surface area contributed by atoms with Crippen LogP contribution in [0.15, 0.2) is 85.0 Å². The number of halogens is 2. The standard InChI is InChI=1S/C18H14Cl2/c19-17(15-9-3-1-4-10-15)13-7-8-14-18(20)16-11-5-2-6-12-16/h1-14H/b8-7+,17-13-,18-14-. The third-order valence-electron chi connectivity index (χ3n) is 2.70. The number of hydrogen-bond donors (Lipinski definition) is 0. The first-order chi connectivity index (χ1) is 9.77. The molecule has 0 amide bonds. The number of rotatable bonds is 4. The number of hydrogen-bond acceptors (Lipinski definition) is 0. The summed E-state index contributed by atoms with van der Waals surface area (Å²) in [5.41, 5.74) is 1.99. The summed E-state index contributed by atoms with van der Waals surface area (Å²) in [6, 6.07) is 19.7. The largest absolute Gasteiger partial charge is 0.0837 e. The summed E-state index contributed by atoms with van der Waals surface area (Å²) in [5, 5.41) is 1.40. The molecule has 0 nitrogen and oxygen atoms in total. The van der Waals surface area contributed by atoms with E-state index in [0.717, 1.165) is 11.1 Å². The van der Waals surface area contributed by atoms with Crippen molar-refractivity contribution in [2.45, 2.75) is 0 Å². The van der Waals surface area contributed by atoms with Crippen LogP contribution >= 0.6 is 23.2 Å². The van der Waals surface area contributed by atoms with E-state index in [1.165, 1.54) is 0 Å². The predicted octanol–water partition coefficient (Wildman–Crippen LogP) is 6.10. The molecule has 0 aliphatic rings. The molecule has 0 atom stereocenters. The van der Waals surface area contributed by atoms with Crippen LogP contribution in [0.3, 0.4) is 0 Å². The highest BCUT2D eigenvalue weighted by molar-refractivity contribution is 6.49. The van der Waals surface area contributed by atoms with Gasteiger partial charge in [0.05, 0.1) is 0 Å². The smallest absolute Gasteiger partial charge is 0.0478 e. The van der Waals surface area contributed by atoms with Crippen LogP contribution < -0.4 is 0 Å². The van der Waals surface area contributed by atoms with Gasteiger partial charge in [0.15, 0.2) is 0 Å². The summed E-state index contributed by atoms with van der Waals surface area (Å²) < 4.78 is 0. The van der Waals surface area contributed by atoms with E-state index >= 15 is 0 Å². The van der Waals surface area contributed by atoms with Gasteiger partial charge in [-0.05, 0) is 23.3 Å². The van der Waals surface area contributed by atoms with E-state index in [2.05, 4.69) is 0 Å². The van der Waals surface area contributed by atoms with Gasteiger partial charge in [0, 0.05) is 10.1 Å². The van der Waals surface area contributed by atoms with Crippen LogP contribution in [-0.4, -0.2) is 0 Å². The molecule has 2 heteroatoms. The van der Waals surface area contributed by atoms with E-state index in [1.54, 1.807) is 0 Å². The molecule has 0 saturated heterocycles. The molecule has 0 bridgehead atoms. The van der Waals surface area contributed by atoms with E-state index in [0.29, 0.717) is 10.1 Å². The molecule has 0 aromatic heterocycles. The zero-order chi connectivity index (χ0) is 14.2. The molecule has 0 N–H and O–H groups in total. The Balaban J connectivity index is 2.04. The maximum atomic E-state index is 6.19. The second-order valence-electron chi connectivity index (χ2n) is 4.15. The Morgan fingerprint density at radius 2 is 0.950 bits per heavy atom. The normalized spacial score (nSPS) is 12.9. The fourth-order valence-corrected chi connectivity index (χ4v) is 2.06. The van der Waals surface area contributed by atoms with Crippen molar-refractivity contribution >= 4 is 33.3 Å². The predicted molar refractivity (Wildman–Crippen MR) is 89.7 cm³/mol. The lowest BCUT2D eigenvalue weighted by Gasteiger charge is -1.96. The Morgan fingerprint density at radius 3 is 1.30 bits per heavy atom. The first kappa shape index (κ1) is 14.6. The summed E-state index contributed by atoms with van der Waals surface area (Å²) >= 11 is 12.4. The summed E-state index contributed by atoms with van der Waals surface area (Å²) in [6.45, 7) is 0. The summed E-state index contributed by atoms with van der Waals surface area (Å²) in [6.07, 6.45) is 7.45. The average Bonchev–Trinajstić information content (AvgIpc) is 2.53. The first-order valence-corrected chi connectivity index (χ1v) is 7.03. The van der Waals surface area contributed by atoms with Crippen molar-refractivity contribution in [1.82, 2.24) is 0 Å². The lowest BCUT2D eigenvalue weighted by Crippen LogP contribution is -1.74. The van der Waals surface area contributed by atoms with Crippen molar-refractivity contribution in [3.05, 3.63) is 96.1 Å². The van der Waals surface area contributed by atoms with Crippen molar-refractivity contribution < 1.29 is 0 Å². The minimum atomic E-state index is 0.700. The highest BCUT2D eigenvalue weighted by atomic mass is 35.5. The van der Waals surface area contributed by atoms with Gasteiger partial charge in [-0.15, -0.1) is 0 Å². The van der Waals surface area contributed by atoms with Gasteiger partial charge in [-0.3, -0.25) is 0 Å². The van der Waals surface area contributed by atoms with E-state index in [-0.39, 0.29) is 0 Å². The Hall–Kier alpha value is -1.76. The monoisotopic (exact) mass is 300 g/mol. The fraction of sp³-hybridized carbons (Fsp3) is 0. The van der Waals surface area contributed by atoms with Crippen molar-refractivity contribution in [2.24, 2.45) is 0 Å². The van der Waals surface area contributed by atoms with Crippen LogP contribution in [0.4, 0.5) is 0 Å². The zero-order valence-corrected chi connectivity index (χ0v) is 12.4. The molecule has 0 radical (unpaired) electrons. The van der Waals surface area contributed by atoms with Crippen molar-refractivity contribution in [3.63, 3.8) is 0 Å². The second kappa shape index (κ2) is 7.74. The maximum absolute atomic E-state index is 6.19. The van der Waals surface area contributed by atoms with Crippen LogP contribution in [0.2, 0.25) is 0 Å². The number of allylic oxidation sites excluding steroid dienone is 4. The second-order valence-corrected chi connectivity index (χ2v) is 4.96. The van der Waals surface area contributed by atoms with Gasteiger partial charge in [0.2, 0.25) is 0 Å². The molecule has 20 heavy (non-hydrogen) atoms. The first-order valence-electron chi connectivity index (χ1n) is 6.28. The van der Waals surface area contributed by atoms with Crippen LogP contribution in [0.5, 0.6) is 0 Å². The molecule has 0 aliphatic carbocycles. The van der Waals surface area contributed by atoms with E-state index < -0.39 is 0 Å². The van der Waals surface area contributed by atoms with E-state index in [4.69, 9.17) is 23.2 Å². The molecule has 0 saturated carbocycles. The van der Waals surface area contributed by atoms with Crippen LogP contribution in [0.25, 0.3) is 10.1 Å². The molecule has 0 unspecified atom stereocenters. The molecule has 100 valence electrons. The molecule has 0 fully saturated rings. The SMILES string of the molecule is Cl\C(=C/C=C/C=C(\Cl)c1ccccc1)c1ccccc1. The molecular weight excluding hydrogens is 287 g/mol. The summed E-state index contributed by atoms with van der Waals surface area (Å²) in [7, 11) is 0. The van der Waals surface area contributed by atoms with Gasteiger partial charge in [0.25, 0.3) is 0 Å². The quantitative estimate of drug-likeness (QED) is 0.598. The topological polar surface area (TPSA) is 0 Å². The minimum Gasteiger partial charge on any atom is -0.0837 e.